The fraction of sp³-hybridized carbons (Fsp3) is 0.706. The van der Waals surface area contributed by atoms with Crippen LogP contribution in [0.25, 0.3) is 0 Å². The second kappa shape index (κ2) is 7.79. The number of nitrogens with zero attached hydrogens (tertiary/aromatic N) is 3. The van der Waals surface area contributed by atoms with E-state index in [1.54, 1.807) is 0 Å². The Kier molecular flexibility index (Phi) is 5.50. The average Bonchev–Trinajstić information content (AvgIpc) is 2.62. The van der Waals surface area contributed by atoms with E-state index in [0.717, 1.165) is 62.7 Å². The zero-order valence-corrected chi connectivity index (χ0v) is 14.2. The Morgan fingerprint density at radius 3 is 2.62 bits per heavy atom. The van der Waals surface area contributed by atoms with Crippen molar-refractivity contribution in [3.05, 3.63) is 11.8 Å². The maximum Gasteiger partial charge on any atom is 0.306 e. The second-order valence-electron chi connectivity index (χ2n) is 6.53. The van der Waals surface area contributed by atoms with Gasteiger partial charge < -0.3 is 20.1 Å². The van der Waals surface area contributed by atoms with Crippen LogP contribution in [0.1, 0.15) is 38.3 Å². The second-order valence-corrected chi connectivity index (χ2v) is 6.53. The number of carboxylic acids is 1. The third-order valence-electron chi connectivity index (χ3n) is 4.85. The van der Waals surface area contributed by atoms with Crippen LogP contribution in [-0.4, -0.2) is 53.4 Å². The van der Waals surface area contributed by atoms with Crippen LogP contribution in [0, 0.1) is 5.92 Å². The van der Waals surface area contributed by atoms with Crippen molar-refractivity contribution in [2.24, 2.45) is 5.92 Å². The lowest BCUT2D eigenvalue weighted by atomic mass is 9.86. The molecule has 2 heterocycles. The molecule has 7 nitrogen and oxygen atoms in total. The molecule has 1 aliphatic carbocycles. The van der Waals surface area contributed by atoms with Crippen LogP contribution >= 0.6 is 0 Å². The topological polar surface area (TPSA) is 87.6 Å². The van der Waals surface area contributed by atoms with E-state index in [0.29, 0.717) is 13.2 Å². The number of hydrogen-bond donors (Lipinski definition) is 2. The molecule has 1 aromatic rings. The van der Waals surface area contributed by atoms with E-state index in [9.17, 15) is 4.79 Å². The minimum absolute atomic E-state index is 0.191. The first-order valence-corrected chi connectivity index (χ1v) is 8.85. The normalized spacial score (nSPS) is 24.6. The summed E-state index contributed by atoms with van der Waals surface area (Å²) in [5, 5.41) is 12.6. The van der Waals surface area contributed by atoms with Gasteiger partial charge in [0.25, 0.3) is 0 Å². The van der Waals surface area contributed by atoms with Crippen molar-refractivity contribution in [3.8, 4) is 0 Å². The molecule has 2 fully saturated rings. The van der Waals surface area contributed by atoms with Gasteiger partial charge in [-0.3, -0.25) is 4.79 Å². The summed E-state index contributed by atoms with van der Waals surface area (Å²) in [6, 6.07) is 2.30. The van der Waals surface area contributed by atoms with Crippen molar-refractivity contribution >= 4 is 17.7 Å². The first-order valence-electron chi connectivity index (χ1n) is 8.85. The third kappa shape index (κ3) is 4.14. The molecule has 0 unspecified atom stereocenters. The molecule has 0 aromatic carbocycles. The van der Waals surface area contributed by atoms with Gasteiger partial charge in [0.15, 0.2) is 0 Å². The van der Waals surface area contributed by atoms with Crippen molar-refractivity contribution in [1.29, 1.82) is 0 Å². The predicted molar refractivity (Wildman–Crippen MR) is 91.4 cm³/mol. The molecule has 3 rings (SSSR count). The molecule has 24 heavy (non-hydrogen) atoms. The maximum absolute atomic E-state index is 11.1. The minimum atomic E-state index is -0.668. The monoisotopic (exact) mass is 334 g/mol. The van der Waals surface area contributed by atoms with E-state index < -0.39 is 5.97 Å². The van der Waals surface area contributed by atoms with Gasteiger partial charge in [0.1, 0.15) is 5.82 Å². The number of anilines is 2. The van der Waals surface area contributed by atoms with Gasteiger partial charge in [0.05, 0.1) is 19.1 Å². The molecular formula is C17H26N4O3. The lowest BCUT2D eigenvalue weighted by Crippen LogP contribution is -2.37. The summed E-state index contributed by atoms with van der Waals surface area (Å²) < 4.78 is 5.40. The van der Waals surface area contributed by atoms with E-state index in [2.05, 4.69) is 27.1 Å². The zero-order valence-electron chi connectivity index (χ0n) is 14.2. The minimum Gasteiger partial charge on any atom is -0.481 e. The van der Waals surface area contributed by atoms with Crippen LogP contribution in [-0.2, 0) is 16.0 Å². The molecular weight excluding hydrogens is 308 g/mol. The number of aliphatic carboxylic acids is 1. The molecule has 1 aliphatic heterocycles. The number of aromatic nitrogens is 2. The molecule has 0 radical (unpaired) electrons. The lowest BCUT2D eigenvalue weighted by molar-refractivity contribution is -0.142. The summed E-state index contributed by atoms with van der Waals surface area (Å²) in [7, 11) is 0. The van der Waals surface area contributed by atoms with Gasteiger partial charge in [0.2, 0.25) is 5.95 Å². The van der Waals surface area contributed by atoms with E-state index >= 15 is 0 Å². The molecule has 1 saturated heterocycles. The van der Waals surface area contributed by atoms with Crippen LogP contribution in [0.15, 0.2) is 6.07 Å². The highest BCUT2D eigenvalue weighted by atomic mass is 16.5. The van der Waals surface area contributed by atoms with Crippen LogP contribution in [0.2, 0.25) is 0 Å². The van der Waals surface area contributed by atoms with E-state index in [1.165, 1.54) is 0 Å². The van der Waals surface area contributed by atoms with Gasteiger partial charge in [-0.05, 0) is 32.1 Å². The van der Waals surface area contributed by atoms with Crippen LogP contribution in [0.5, 0.6) is 0 Å². The van der Waals surface area contributed by atoms with Crippen molar-refractivity contribution in [3.63, 3.8) is 0 Å². The SMILES string of the molecule is CCc1cc(NC2CCC(C(=O)O)CC2)nc(N2CCOCC2)n1. The summed E-state index contributed by atoms with van der Waals surface area (Å²) in [5.74, 6) is 0.753. The molecule has 2 aliphatic rings. The smallest absolute Gasteiger partial charge is 0.306 e. The number of carboxylic acid groups (broad SMARTS) is 1. The molecule has 0 atom stereocenters. The first kappa shape index (κ1) is 17.0. The van der Waals surface area contributed by atoms with Gasteiger partial charge in [-0.2, -0.15) is 4.98 Å². The summed E-state index contributed by atoms with van der Waals surface area (Å²) in [6.45, 7) is 5.14. The van der Waals surface area contributed by atoms with Gasteiger partial charge in [0, 0.05) is 30.9 Å². The zero-order chi connectivity index (χ0) is 16.9. The summed E-state index contributed by atoms with van der Waals surface area (Å²) in [6.07, 6.45) is 4.06. The maximum atomic E-state index is 11.1. The molecule has 0 amide bonds. The Morgan fingerprint density at radius 1 is 1.29 bits per heavy atom. The summed E-state index contributed by atoms with van der Waals surface area (Å²) in [4.78, 5) is 22.6. The Labute approximate surface area is 142 Å². The van der Waals surface area contributed by atoms with Crippen molar-refractivity contribution in [2.75, 3.05) is 36.5 Å². The molecule has 7 heteroatoms. The Bertz CT molecular complexity index is 567. The van der Waals surface area contributed by atoms with Gasteiger partial charge in [-0.25, -0.2) is 4.98 Å². The van der Waals surface area contributed by atoms with Crippen molar-refractivity contribution < 1.29 is 14.6 Å². The highest BCUT2D eigenvalue weighted by Crippen LogP contribution is 2.27. The highest BCUT2D eigenvalue weighted by molar-refractivity contribution is 5.70. The Balaban J connectivity index is 1.67. The fourth-order valence-corrected chi connectivity index (χ4v) is 3.34. The Morgan fingerprint density at radius 2 is 2.00 bits per heavy atom. The van der Waals surface area contributed by atoms with Gasteiger partial charge >= 0.3 is 5.97 Å². The quantitative estimate of drug-likeness (QED) is 0.850. The van der Waals surface area contributed by atoms with Crippen LogP contribution in [0.3, 0.4) is 0 Å². The standard InChI is InChI=1S/C17H26N4O3/c1-2-13-11-15(18-14-5-3-12(4-6-14)16(22)23)20-17(19-13)21-7-9-24-10-8-21/h11-12,14H,2-10H2,1H3,(H,22,23)(H,18,19,20). The fourth-order valence-electron chi connectivity index (χ4n) is 3.34. The predicted octanol–water partition coefficient (Wildman–Crippen LogP) is 1.93. The molecule has 0 bridgehead atoms. The van der Waals surface area contributed by atoms with Crippen LogP contribution in [0.4, 0.5) is 11.8 Å². The molecule has 0 spiro atoms. The van der Waals surface area contributed by atoms with E-state index in [-0.39, 0.29) is 12.0 Å². The number of aryl methyl sites for hydroxylation is 1. The van der Waals surface area contributed by atoms with E-state index in [1.807, 2.05) is 6.07 Å². The number of ether oxygens (including phenoxy) is 1. The Hall–Kier alpha value is -1.89. The number of morpholine rings is 1. The first-order chi connectivity index (χ1) is 11.7. The lowest BCUT2D eigenvalue weighted by Gasteiger charge is -2.29. The molecule has 132 valence electrons. The highest BCUT2D eigenvalue weighted by Gasteiger charge is 2.26. The third-order valence-corrected chi connectivity index (χ3v) is 4.85. The van der Waals surface area contributed by atoms with E-state index in [4.69, 9.17) is 9.84 Å². The number of rotatable bonds is 5. The van der Waals surface area contributed by atoms with Crippen molar-refractivity contribution in [1.82, 2.24) is 9.97 Å². The summed E-state index contributed by atoms with van der Waals surface area (Å²) >= 11 is 0. The number of nitrogens with one attached hydrogen (secondary N) is 1. The molecule has 1 aromatic heterocycles. The van der Waals surface area contributed by atoms with Gasteiger partial charge in [-0.15, -0.1) is 0 Å². The number of hydrogen-bond acceptors (Lipinski definition) is 6. The van der Waals surface area contributed by atoms with Gasteiger partial charge in [-0.1, -0.05) is 6.92 Å². The largest absolute Gasteiger partial charge is 0.481 e. The average molecular weight is 334 g/mol. The van der Waals surface area contributed by atoms with Crippen molar-refractivity contribution in [2.45, 2.75) is 45.1 Å². The number of carbonyl (C=O) groups is 1. The summed E-state index contributed by atoms with van der Waals surface area (Å²) in [5.41, 5.74) is 1.02. The molecule has 2 N–H and O–H groups in total. The van der Waals surface area contributed by atoms with Crippen LogP contribution < -0.4 is 10.2 Å². The molecule has 1 saturated carbocycles.